The molecule has 6 heteroatoms. The Labute approximate surface area is 122 Å². The molecule has 0 aromatic heterocycles. The van der Waals surface area contributed by atoms with Gasteiger partial charge in [0, 0.05) is 31.7 Å². The second-order valence-electron chi connectivity index (χ2n) is 4.93. The Kier molecular flexibility index (Phi) is 5.98. The largest absolute Gasteiger partial charge is 0.496 e. The van der Waals surface area contributed by atoms with Crippen molar-refractivity contribution in [1.82, 2.24) is 9.62 Å². The van der Waals surface area contributed by atoms with Crippen molar-refractivity contribution in [3.63, 3.8) is 0 Å². The van der Waals surface area contributed by atoms with Crippen molar-refractivity contribution in [3.8, 4) is 5.75 Å². The predicted molar refractivity (Wildman–Crippen MR) is 80.5 cm³/mol. The maximum Gasteiger partial charge on any atom is 0.242 e. The summed E-state index contributed by atoms with van der Waals surface area (Å²) >= 11 is 0. The zero-order valence-corrected chi connectivity index (χ0v) is 13.6. The van der Waals surface area contributed by atoms with Crippen LogP contribution in [0.25, 0.3) is 0 Å². The van der Waals surface area contributed by atoms with Crippen molar-refractivity contribution < 1.29 is 13.2 Å². The Morgan fingerprint density at radius 3 is 2.50 bits per heavy atom. The Morgan fingerprint density at radius 2 is 2.00 bits per heavy atom. The lowest BCUT2D eigenvalue weighted by molar-refractivity contribution is 0.405. The zero-order valence-electron chi connectivity index (χ0n) is 12.8. The maximum atomic E-state index is 12.3. The molecule has 1 aromatic carbocycles. The van der Waals surface area contributed by atoms with Gasteiger partial charge in [-0.25, -0.2) is 12.7 Å². The van der Waals surface area contributed by atoms with Gasteiger partial charge >= 0.3 is 0 Å². The standard InChI is InChI=1S/C14H24N2O3S/c1-6-16(4)20(17,18)13-7-8-14(19-5)12(9-13)10-15-11(2)3/h7-9,11,15H,6,10H2,1-5H3. The summed E-state index contributed by atoms with van der Waals surface area (Å²) in [5, 5.41) is 3.27. The first-order chi connectivity index (χ1) is 9.32. The van der Waals surface area contributed by atoms with Gasteiger partial charge in [0.25, 0.3) is 0 Å². The van der Waals surface area contributed by atoms with E-state index >= 15 is 0 Å². The molecule has 0 radical (unpaired) electrons. The Hall–Kier alpha value is -1.11. The molecule has 1 aromatic rings. The number of benzene rings is 1. The Bertz CT molecular complexity index is 541. The highest BCUT2D eigenvalue weighted by Crippen LogP contribution is 2.24. The van der Waals surface area contributed by atoms with Crippen LogP contribution in [0.3, 0.4) is 0 Å². The van der Waals surface area contributed by atoms with Gasteiger partial charge in [0.1, 0.15) is 5.75 Å². The average molecular weight is 300 g/mol. The van der Waals surface area contributed by atoms with Gasteiger partial charge in [-0.3, -0.25) is 0 Å². The summed E-state index contributed by atoms with van der Waals surface area (Å²) in [4.78, 5) is 0.295. The van der Waals surface area contributed by atoms with E-state index in [1.54, 1.807) is 32.4 Å². The van der Waals surface area contributed by atoms with E-state index in [1.807, 2.05) is 20.8 Å². The topological polar surface area (TPSA) is 58.6 Å². The zero-order chi connectivity index (χ0) is 15.3. The van der Waals surface area contributed by atoms with Crippen molar-refractivity contribution in [1.29, 1.82) is 0 Å². The lowest BCUT2D eigenvalue weighted by Gasteiger charge is -2.17. The number of hydrogen-bond acceptors (Lipinski definition) is 4. The normalized spacial score (nSPS) is 12.2. The van der Waals surface area contributed by atoms with Crippen LogP contribution in [0.5, 0.6) is 5.75 Å². The van der Waals surface area contributed by atoms with Crippen LogP contribution in [-0.2, 0) is 16.6 Å². The van der Waals surface area contributed by atoms with E-state index in [9.17, 15) is 8.42 Å². The monoisotopic (exact) mass is 300 g/mol. The van der Waals surface area contributed by atoms with Crippen LogP contribution in [0, 0.1) is 0 Å². The van der Waals surface area contributed by atoms with Crippen LogP contribution < -0.4 is 10.1 Å². The molecule has 1 rings (SSSR count). The van der Waals surface area contributed by atoms with E-state index in [0.717, 1.165) is 5.56 Å². The van der Waals surface area contributed by atoms with Gasteiger partial charge in [0.2, 0.25) is 10.0 Å². The van der Waals surface area contributed by atoms with Crippen LogP contribution in [-0.4, -0.2) is 39.5 Å². The van der Waals surface area contributed by atoms with Crippen LogP contribution in [0.2, 0.25) is 0 Å². The third-order valence-electron chi connectivity index (χ3n) is 3.11. The number of nitrogens with one attached hydrogen (secondary N) is 1. The van der Waals surface area contributed by atoms with Crippen LogP contribution >= 0.6 is 0 Å². The summed E-state index contributed by atoms with van der Waals surface area (Å²) in [6.45, 7) is 6.89. The third-order valence-corrected chi connectivity index (χ3v) is 5.03. The molecular weight excluding hydrogens is 276 g/mol. The third kappa shape index (κ3) is 3.94. The molecule has 0 amide bonds. The SMILES string of the molecule is CCN(C)S(=O)(=O)c1ccc(OC)c(CNC(C)C)c1. The molecule has 1 N–H and O–H groups in total. The summed E-state index contributed by atoms with van der Waals surface area (Å²) < 4.78 is 31.2. The molecule has 5 nitrogen and oxygen atoms in total. The van der Waals surface area contributed by atoms with Crippen LogP contribution in [0.4, 0.5) is 0 Å². The van der Waals surface area contributed by atoms with Gasteiger partial charge in [-0.15, -0.1) is 0 Å². The summed E-state index contributed by atoms with van der Waals surface area (Å²) in [5.41, 5.74) is 0.840. The average Bonchev–Trinajstić information content (AvgIpc) is 2.43. The van der Waals surface area contributed by atoms with Gasteiger partial charge in [0.15, 0.2) is 0 Å². The highest BCUT2D eigenvalue weighted by molar-refractivity contribution is 7.89. The molecule has 0 saturated carbocycles. The molecule has 0 aliphatic carbocycles. The number of sulfonamides is 1. The van der Waals surface area contributed by atoms with E-state index in [-0.39, 0.29) is 0 Å². The van der Waals surface area contributed by atoms with Crippen molar-refractivity contribution >= 4 is 10.0 Å². The van der Waals surface area contributed by atoms with Crippen molar-refractivity contribution in [2.75, 3.05) is 20.7 Å². The fourth-order valence-electron chi connectivity index (χ4n) is 1.72. The van der Waals surface area contributed by atoms with Crippen LogP contribution in [0.15, 0.2) is 23.1 Å². The second-order valence-corrected chi connectivity index (χ2v) is 6.97. The van der Waals surface area contributed by atoms with E-state index < -0.39 is 10.0 Å². The quantitative estimate of drug-likeness (QED) is 0.834. The molecule has 0 aliphatic rings. The smallest absolute Gasteiger partial charge is 0.242 e. The van der Waals surface area contributed by atoms with Crippen LogP contribution in [0.1, 0.15) is 26.3 Å². The Balaban J connectivity index is 3.15. The highest BCUT2D eigenvalue weighted by Gasteiger charge is 2.20. The van der Waals surface area contributed by atoms with E-state index in [4.69, 9.17) is 4.74 Å². The van der Waals surface area contributed by atoms with Crippen molar-refractivity contribution in [3.05, 3.63) is 23.8 Å². The number of ether oxygens (including phenoxy) is 1. The fourth-order valence-corrected chi connectivity index (χ4v) is 2.95. The van der Waals surface area contributed by atoms with Gasteiger partial charge in [-0.2, -0.15) is 0 Å². The molecule has 114 valence electrons. The number of nitrogens with zero attached hydrogens (tertiary/aromatic N) is 1. The fraction of sp³-hybridized carbons (Fsp3) is 0.571. The van der Waals surface area contributed by atoms with Gasteiger partial charge in [-0.1, -0.05) is 20.8 Å². The first kappa shape index (κ1) is 16.9. The molecule has 0 unspecified atom stereocenters. The molecule has 0 heterocycles. The van der Waals surface area contributed by atoms with Gasteiger partial charge in [0.05, 0.1) is 12.0 Å². The molecule has 20 heavy (non-hydrogen) atoms. The predicted octanol–water partition coefficient (Wildman–Crippen LogP) is 1.83. The highest BCUT2D eigenvalue weighted by atomic mass is 32.2. The van der Waals surface area contributed by atoms with Crippen molar-refractivity contribution in [2.24, 2.45) is 0 Å². The minimum absolute atomic E-state index is 0.295. The molecule has 0 spiro atoms. The van der Waals surface area contributed by atoms with E-state index in [0.29, 0.717) is 29.8 Å². The Morgan fingerprint density at radius 1 is 1.35 bits per heavy atom. The maximum absolute atomic E-state index is 12.3. The first-order valence-corrected chi connectivity index (χ1v) is 8.13. The molecule has 0 bridgehead atoms. The van der Waals surface area contributed by atoms with Gasteiger partial charge in [-0.05, 0) is 18.2 Å². The minimum atomic E-state index is -3.43. The van der Waals surface area contributed by atoms with E-state index in [2.05, 4.69) is 5.32 Å². The second kappa shape index (κ2) is 7.06. The van der Waals surface area contributed by atoms with Gasteiger partial charge < -0.3 is 10.1 Å². The molecule has 0 aliphatic heterocycles. The van der Waals surface area contributed by atoms with Crippen molar-refractivity contribution in [2.45, 2.75) is 38.3 Å². The number of hydrogen-bond donors (Lipinski definition) is 1. The molecule has 0 saturated heterocycles. The number of methoxy groups -OCH3 is 1. The first-order valence-electron chi connectivity index (χ1n) is 6.69. The summed E-state index contributed by atoms with van der Waals surface area (Å²) in [6.07, 6.45) is 0. The summed E-state index contributed by atoms with van der Waals surface area (Å²) in [6, 6.07) is 5.28. The summed E-state index contributed by atoms with van der Waals surface area (Å²) in [7, 11) is -0.266. The lowest BCUT2D eigenvalue weighted by atomic mass is 10.2. The number of rotatable bonds is 7. The molecule has 0 fully saturated rings. The molecule has 0 atom stereocenters. The minimum Gasteiger partial charge on any atom is -0.496 e. The summed E-state index contributed by atoms with van der Waals surface area (Å²) in [5.74, 6) is 0.691. The molecular formula is C14H24N2O3S. The lowest BCUT2D eigenvalue weighted by Crippen LogP contribution is -2.27. The van der Waals surface area contributed by atoms with E-state index in [1.165, 1.54) is 4.31 Å².